The van der Waals surface area contributed by atoms with Gasteiger partial charge in [-0.05, 0) is 53.2 Å². The largest absolute Gasteiger partial charge is 0.397 e. The lowest BCUT2D eigenvalue weighted by atomic mass is 10.2. The highest BCUT2D eigenvalue weighted by atomic mass is 79.9. The lowest BCUT2D eigenvalue weighted by Crippen LogP contribution is -2.17. The van der Waals surface area contributed by atoms with Gasteiger partial charge < -0.3 is 10.6 Å². The van der Waals surface area contributed by atoms with Gasteiger partial charge in [-0.15, -0.1) is 0 Å². The average molecular weight is 327 g/mol. The Bertz CT molecular complexity index is 585. The summed E-state index contributed by atoms with van der Waals surface area (Å²) in [4.78, 5) is 1.89. The van der Waals surface area contributed by atoms with Crippen LogP contribution in [0, 0.1) is 11.6 Å². The molecule has 0 spiro atoms. The summed E-state index contributed by atoms with van der Waals surface area (Å²) in [5.41, 5.74) is 7.68. The number of halogens is 3. The molecule has 0 fully saturated rings. The lowest BCUT2D eigenvalue weighted by molar-refractivity contribution is 0.622. The zero-order valence-electron chi connectivity index (χ0n) is 10.3. The lowest BCUT2D eigenvalue weighted by Gasteiger charge is -2.25. The number of benzene rings is 2. The van der Waals surface area contributed by atoms with Crippen LogP contribution in [0.2, 0.25) is 0 Å². The highest BCUT2D eigenvalue weighted by molar-refractivity contribution is 9.10. The number of nitrogens with zero attached hydrogens (tertiary/aromatic N) is 1. The topological polar surface area (TPSA) is 29.3 Å². The van der Waals surface area contributed by atoms with Crippen molar-refractivity contribution in [1.82, 2.24) is 0 Å². The molecule has 2 N–H and O–H groups in total. The molecule has 0 amide bonds. The number of nitrogen functional groups attached to an aromatic ring is 1. The predicted molar refractivity (Wildman–Crippen MR) is 77.6 cm³/mol. The fourth-order valence-electron chi connectivity index (χ4n) is 1.90. The Balaban J connectivity index is 2.47. The van der Waals surface area contributed by atoms with Gasteiger partial charge in [-0.1, -0.05) is 0 Å². The molecular formula is C14H13BrF2N2. The van der Waals surface area contributed by atoms with E-state index >= 15 is 0 Å². The van der Waals surface area contributed by atoms with Gasteiger partial charge in [-0.3, -0.25) is 0 Å². The first-order valence-electron chi connectivity index (χ1n) is 5.80. The molecule has 0 aliphatic heterocycles. The molecule has 19 heavy (non-hydrogen) atoms. The highest BCUT2D eigenvalue weighted by Crippen LogP contribution is 2.34. The van der Waals surface area contributed by atoms with E-state index in [1.165, 1.54) is 18.2 Å². The summed E-state index contributed by atoms with van der Waals surface area (Å²) in [5, 5.41) is 0. The van der Waals surface area contributed by atoms with Gasteiger partial charge in [0.15, 0.2) is 0 Å². The van der Waals surface area contributed by atoms with Crippen molar-refractivity contribution < 1.29 is 8.78 Å². The Morgan fingerprint density at radius 3 is 2.37 bits per heavy atom. The maximum Gasteiger partial charge on any atom is 0.139 e. The first-order chi connectivity index (χ1) is 9.02. The molecule has 100 valence electrons. The minimum atomic E-state index is -0.406. The smallest absolute Gasteiger partial charge is 0.139 e. The normalized spacial score (nSPS) is 10.5. The molecule has 2 rings (SSSR count). The summed E-state index contributed by atoms with van der Waals surface area (Å²) >= 11 is 3.14. The maximum absolute atomic E-state index is 13.4. The van der Waals surface area contributed by atoms with Crippen LogP contribution in [0.5, 0.6) is 0 Å². The minimum absolute atomic E-state index is 0.298. The van der Waals surface area contributed by atoms with E-state index in [0.717, 1.165) is 5.69 Å². The van der Waals surface area contributed by atoms with Gasteiger partial charge in [0.2, 0.25) is 0 Å². The Kier molecular flexibility index (Phi) is 4.04. The Morgan fingerprint density at radius 2 is 1.79 bits per heavy atom. The summed E-state index contributed by atoms with van der Waals surface area (Å²) in [6.45, 7) is 2.58. The standard InChI is InChI=1S/C14H13BrF2N2/c1-2-19(10-5-3-9(16)4-6-10)14-7-11(15)12(17)8-13(14)18/h3-8H,2,18H2,1H3. The van der Waals surface area contributed by atoms with Crippen molar-refractivity contribution in [1.29, 1.82) is 0 Å². The summed E-state index contributed by atoms with van der Waals surface area (Å²) in [5.74, 6) is -0.704. The van der Waals surface area contributed by atoms with Gasteiger partial charge in [-0.25, -0.2) is 8.78 Å². The van der Waals surface area contributed by atoms with Crippen molar-refractivity contribution in [2.45, 2.75) is 6.92 Å². The summed E-state index contributed by atoms with van der Waals surface area (Å²) in [6, 6.07) is 8.98. The van der Waals surface area contributed by atoms with Crippen LogP contribution in [0.25, 0.3) is 0 Å². The number of anilines is 3. The molecule has 0 radical (unpaired) electrons. The van der Waals surface area contributed by atoms with E-state index in [4.69, 9.17) is 5.73 Å². The van der Waals surface area contributed by atoms with Crippen molar-refractivity contribution in [3.8, 4) is 0 Å². The number of hydrogen-bond donors (Lipinski definition) is 1. The fraction of sp³-hybridized carbons (Fsp3) is 0.143. The van der Waals surface area contributed by atoms with E-state index in [0.29, 0.717) is 22.4 Å². The van der Waals surface area contributed by atoms with Crippen molar-refractivity contribution in [3.63, 3.8) is 0 Å². The van der Waals surface area contributed by atoms with E-state index in [-0.39, 0.29) is 5.82 Å². The van der Waals surface area contributed by atoms with Crippen LogP contribution in [0.4, 0.5) is 25.8 Å². The third-order valence-electron chi connectivity index (χ3n) is 2.81. The van der Waals surface area contributed by atoms with Crippen LogP contribution >= 0.6 is 15.9 Å². The number of nitrogens with two attached hydrogens (primary N) is 1. The molecule has 0 aromatic heterocycles. The number of rotatable bonds is 3. The van der Waals surface area contributed by atoms with Crippen molar-refractivity contribution in [3.05, 3.63) is 52.5 Å². The zero-order valence-corrected chi connectivity index (χ0v) is 11.9. The van der Waals surface area contributed by atoms with Gasteiger partial charge in [0.05, 0.1) is 15.8 Å². The quantitative estimate of drug-likeness (QED) is 0.843. The summed E-state index contributed by atoms with van der Waals surface area (Å²) in [7, 11) is 0. The van der Waals surface area contributed by atoms with E-state index in [9.17, 15) is 8.78 Å². The third-order valence-corrected chi connectivity index (χ3v) is 3.42. The summed E-state index contributed by atoms with van der Waals surface area (Å²) < 4.78 is 26.7. The van der Waals surface area contributed by atoms with Crippen LogP contribution in [-0.4, -0.2) is 6.54 Å². The second-order valence-corrected chi connectivity index (χ2v) is 4.90. The molecule has 2 nitrogen and oxygen atoms in total. The molecule has 2 aromatic rings. The minimum Gasteiger partial charge on any atom is -0.397 e. The Hall–Kier alpha value is -1.62. The van der Waals surface area contributed by atoms with Crippen LogP contribution in [0.1, 0.15) is 6.92 Å². The van der Waals surface area contributed by atoms with Crippen molar-refractivity contribution in [2.75, 3.05) is 17.2 Å². The van der Waals surface area contributed by atoms with Crippen LogP contribution in [-0.2, 0) is 0 Å². The van der Waals surface area contributed by atoms with Crippen LogP contribution in [0.15, 0.2) is 40.9 Å². The fourth-order valence-corrected chi connectivity index (χ4v) is 2.23. The number of hydrogen-bond acceptors (Lipinski definition) is 2. The first kappa shape index (κ1) is 13.8. The van der Waals surface area contributed by atoms with Crippen molar-refractivity contribution in [2.24, 2.45) is 0 Å². The van der Waals surface area contributed by atoms with Crippen LogP contribution in [0.3, 0.4) is 0 Å². The first-order valence-corrected chi connectivity index (χ1v) is 6.60. The van der Waals surface area contributed by atoms with E-state index < -0.39 is 5.82 Å². The van der Waals surface area contributed by atoms with Gasteiger partial charge in [0.25, 0.3) is 0 Å². The van der Waals surface area contributed by atoms with E-state index in [1.807, 2.05) is 11.8 Å². The van der Waals surface area contributed by atoms with E-state index in [2.05, 4.69) is 15.9 Å². The van der Waals surface area contributed by atoms with Gasteiger partial charge in [0, 0.05) is 18.3 Å². The molecule has 0 atom stereocenters. The second-order valence-electron chi connectivity index (χ2n) is 4.05. The molecule has 2 aromatic carbocycles. The van der Waals surface area contributed by atoms with Crippen LogP contribution < -0.4 is 10.6 Å². The molecule has 5 heteroatoms. The molecule has 0 aliphatic carbocycles. The van der Waals surface area contributed by atoms with Gasteiger partial charge >= 0.3 is 0 Å². The molecule has 0 saturated carbocycles. The molecule has 0 bridgehead atoms. The Morgan fingerprint density at radius 1 is 1.16 bits per heavy atom. The predicted octanol–water partition coefficient (Wildman–Crippen LogP) is 4.47. The SMILES string of the molecule is CCN(c1ccc(F)cc1)c1cc(Br)c(F)cc1N. The molecule has 0 saturated heterocycles. The van der Waals surface area contributed by atoms with Gasteiger partial charge in [0.1, 0.15) is 11.6 Å². The molecular weight excluding hydrogens is 314 g/mol. The Labute approximate surface area is 119 Å². The molecule has 0 unspecified atom stereocenters. The molecule has 0 heterocycles. The third kappa shape index (κ3) is 2.87. The van der Waals surface area contributed by atoms with Gasteiger partial charge in [-0.2, -0.15) is 0 Å². The zero-order chi connectivity index (χ0) is 14.0. The maximum atomic E-state index is 13.4. The average Bonchev–Trinajstić information content (AvgIpc) is 2.38. The molecule has 0 aliphatic rings. The van der Waals surface area contributed by atoms with Crippen molar-refractivity contribution >= 4 is 33.0 Å². The van der Waals surface area contributed by atoms with E-state index in [1.54, 1.807) is 18.2 Å². The summed E-state index contributed by atoms with van der Waals surface area (Å²) in [6.07, 6.45) is 0. The second kappa shape index (κ2) is 5.57. The monoisotopic (exact) mass is 326 g/mol. The highest BCUT2D eigenvalue weighted by Gasteiger charge is 2.13.